The Morgan fingerprint density at radius 1 is 1.20 bits per heavy atom. The van der Waals surface area contributed by atoms with Crippen LogP contribution in [0.3, 0.4) is 0 Å². The summed E-state index contributed by atoms with van der Waals surface area (Å²) in [5.41, 5.74) is 2.81. The number of hydrogen-bond donors (Lipinski definition) is 2. The first-order valence-corrected chi connectivity index (χ1v) is 8.71. The van der Waals surface area contributed by atoms with Gasteiger partial charge in [-0.2, -0.15) is 0 Å². The number of likely N-dealkylation sites (N-methyl/N-ethyl adjacent to an activating group) is 1. The molecule has 1 aliphatic carbocycles. The van der Waals surface area contributed by atoms with Crippen LogP contribution >= 0.6 is 0 Å². The second-order valence-electron chi connectivity index (χ2n) is 6.48. The summed E-state index contributed by atoms with van der Waals surface area (Å²) in [6.45, 7) is 0.438. The summed E-state index contributed by atoms with van der Waals surface area (Å²) in [5.74, 6) is -1.72. The van der Waals surface area contributed by atoms with Gasteiger partial charge in [-0.15, -0.1) is 0 Å². The van der Waals surface area contributed by atoms with Crippen LogP contribution in [0.2, 0.25) is 0 Å². The van der Waals surface area contributed by atoms with E-state index in [4.69, 9.17) is 0 Å². The monoisotopic (exact) mass is 341 g/mol. The van der Waals surface area contributed by atoms with Gasteiger partial charge >= 0.3 is 11.8 Å². The number of fused-ring (bicyclic) bond motifs is 1. The summed E-state index contributed by atoms with van der Waals surface area (Å²) < 4.78 is 0. The van der Waals surface area contributed by atoms with Crippen molar-refractivity contribution in [1.29, 1.82) is 0 Å². The smallest absolute Gasteiger partial charge is 0.310 e. The van der Waals surface area contributed by atoms with E-state index in [2.05, 4.69) is 16.7 Å². The first kappa shape index (κ1) is 17.2. The molecule has 0 fully saturated rings. The van der Waals surface area contributed by atoms with E-state index in [9.17, 15) is 14.4 Å². The van der Waals surface area contributed by atoms with Gasteiger partial charge in [0.2, 0.25) is 0 Å². The van der Waals surface area contributed by atoms with Gasteiger partial charge in [-0.1, -0.05) is 29.8 Å². The third-order valence-electron chi connectivity index (χ3n) is 4.79. The van der Waals surface area contributed by atoms with Gasteiger partial charge < -0.3 is 15.5 Å². The summed E-state index contributed by atoms with van der Waals surface area (Å²) >= 11 is 0. The molecule has 0 radical (unpaired) electrons. The van der Waals surface area contributed by atoms with Gasteiger partial charge in [-0.05, 0) is 38.2 Å². The average Bonchev–Trinajstić information content (AvgIpc) is 2.88. The molecule has 2 aliphatic rings. The van der Waals surface area contributed by atoms with E-state index in [1.807, 2.05) is 18.2 Å². The molecule has 0 saturated carbocycles. The van der Waals surface area contributed by atoms with Crippen LogP contribution < -0.4 is 15.5 Å². The Hall–Kier alpha value is -2.63. The highest BCUT2D eigenvalue weighted by Gasteiger charge is 2.36. The third kappa shape index (κ3) is 3.73. The van der Waals surface area contributed by atoms with Crippen LogP contribution in [0.15, 0.2) is 35.9 Å². The Bertz CT molecular complexity index is 726. The molecule has 6 nitrogen and oxygen atoms in total. The van der Waals surface area contributed by atoms with Crippen molar-refractivity contribution in [2.45, 2.75) is 38.1 Å². The van der Waals surface area contributed by atoms with Crippen LogP contribution in [0.4, 0.5) is 5.69 Å². The fourth-order valence-corrected chi connectivity index (χ4v) is 3.37. The van der Waals surface area contributed by atoms with E-state index in [0.717, 1.165) is 24.9 Å². The maximum absolute atomic E-state index is 12.3. The van der Waals surface area contributed by atoms with Crippen LogP contribution in [0.25, 0.3) is 0 Å². The fraction of sp³-hybridized carbons (Fsp3) is 0.421. The fourth-order valence-electron chi connectivity index (χ4n) is 3.37. The number of hydrogen-bond acceptors (Lipinski definition) is 3. The molecule has 0 saturated heterocycles. The number of rotatable bonds is 4. The number of anilines is 1. The zero-order chi connectivity index (χ0) is 17.8. The number of carbonyl (C=O) groups excluding carboxylic acids is 3. The number of amides is 3. The lowest BCUT2D eigenvalue weighted by Gasteiger charge is -2.14. The largest absolute Gasteiger partial charge is 0.348 e. The van der Waals surface area contributed by atoms with Gasteiger partial charge in [0.1, 0.15) is 6.04 Å². The van der Waals surface area contributed by atoms with Gasteiger partial charge in [0.15, 0.2) is 0 Å². The molecule has 1 aromatic carbocycles. The molecular formula is C19H23N3O3. The number of benzene rings is 1. The predicted molar refractivity (Wildman–Crippen MR) is 94.9 cm³/mol. The first-order valence-electron chi connectivity index (χ1n) is 8.71. The number of carbonyl (C=O) groups is 3. The normalized spacial score (nSPS) is 19.2. The molecule has 1 unspecified atom stereocenters. The molecular weight excluding hydrogens is 318 g/mol. The highest BCUT2D eigenvalue weighted by Crippen LogP contribution is 2.34. The highest BCUT2D eigenvalue weighted by molar-refractivity contribution is 6.35. The second-order valence-corrected chi connectivity index (χ2v) is 6.48. The number of para-hydroxylation sites is 1. The zero-order valence-corrected chi connectivity index (χ0v) is 14.4. The Morgan fingerprint density at radius 3 is 2.76 bits per heavy atom. The quantitative estimate of drug-likeness (QED) is 0.648. The Morgan fingerprint density at radius 2 is 2.00 bits per heavy atom. The van der Waals surface area contributed by atoms with E-state index < -0.39 is 17.9 Å². The topological polar surface area (TPSA) is 78.5 Å². The summed E-state index contributed by atoms with van der Waals surface area (Å²) in [4.78, 5) is 37.9. The maximum Gasteiger partial charge on any atom is 0.310 e. The van der Waals surface area contributed by atoms with E-state index >= 15 is 0 Å². The van der Waals surface area contributed by atoms with Crippen LogP contribution in [0.1, 0.15) is 43.7 Å². The van der Waals surface area contributed by atoms with E-state index in [0.29, 0.717) is 12.1 Å². The minimum atomic E-state index is -0.805. The molecule has 3 rings (SSSR count). The average molecular weight is 341 g/mol. The number of nitrogens with zero attached hydrogens (tertiary/aromatic N) is 1. The molecule has 1 aliphatic heterocycles. The number of nitrogens with one attached hydrogen (secondary N) is 2. The van der Waals surface area contributed by atoms with Gasteiger partial charge in [-0.25, -0.2) is 0 Å². The van der Waals surface area contributed by atoms with E-state index in [-0.39, 0.29) is 5.91 Å². The molecule has 2 N–H and O–H groups in total. The highest BCUT2D eigenvalue weighted by atomic mass is 16.2. The molecule has 0 aromatic heterocycles. The minimum absolute atomic E-state index is 0.241. The molecule has 25 heavy (non-hydrogen) atoms. The van der Waals surface area contributed by atoms with Crippen molar-refractivity contribution in [3.63, 3.8) is 0 Å². The van der Waals surface area contributed by atoms with Crippen molar-refractivity contribution in [1.82, 2.24) is 10.6 Å². The van der Waals surface area contributed by atoms with Crippen molar-refractivity contribution < 1.29 is 14.4 Å². The van der Waals surface area contributed by atoms with Gasteiger partial charge in [0.05, 0.1) is 0 Å². The summed E-state index contributed by atoms with van der Waals surface area (Å²) in [5, 5.41) is 5.18. The van der Waals surface area contributed by atoms with Crippen LogP contribution in [0.5, 0.6) is 0 Å². The third-order valence-corrected chi connectivity index (χ3v) is 4.79. The summed E-state index contributed by atoms with van der Waals surface area (Å²) in [6, 6.07) is 6.44. The lowest BCUT2D eigenvalue weighted by atomic mass is 9.97. The molecule has 6 heteroatoms. The summed E-state index contributed by atoms with van der Waals surface area (Å²) in [7, 11) is 1.66. The molecule has 3 amide bonds. The standard InChI is InChI=1S/C19H23N3O3/c1-22-15-10-6-5-9-14(15)16(19(22)25)21-18(24)17(23)20-12-11-13-7-3-2-4-8-13/h5-7,9-10,16H,2-4,8,11-12H2,1H3,(H,20,23)(H,21,24). The van der Waals surface area contributed by atoms with Crippen molar-refractivity contribution in [2.75, 3.05) is 18.5 Å². The van der Waals surface area contributed by atoms with Crippen LogP contribution in [-0.4, -0.2) is 31.3 Å². The zero-order valence-electron chi connectivity index (χ0n) is 14.4. The lowest BCUT2D eigenvalue weighted by molar-refractivity contribution is -0.140. The Kier molecular flexibility index (Phi) is 5.16. The van der Waals surface area contributed by atoms with Crippen molar-refractivity contribution >= 4 is 23.4 Å². The predicted octanol–water partition coefficient (Wildman–Crippen LogP) is 1.83. The first-order chi connectivity index (χ1) is 12.1. The lowest BCUT2D eigenvalue weighted by Crippen LogP contribution is -2.44. The van der Waals surface area contributed by atoms with Gasteiger partial charge in [-0.3, -0.25) is 14.4 Å². The van der Waals surface area contributed by atoms with Gasteiger partial charge in [0, 0.05) is 24.8 Å². The Balaban J connectivity index is 1.54. The Labute approximate surface area is 147 Å². The molecule has 1 atom stereocenters. The summed E-state index contributed by atoms with van der Waals surface area (Å²) in [6.07, 6.45) is 7.58. The van der Waals surface area contributed by atoms with Crippen LogP contribution in [0, 0.1) is 0 Å². The van der Waals surface area contributed by atoms with Crippen molar-refractivity contribution in [2.24, 2.45) is 0 Å². The second kappa shape index (κ2) is 7.51. The van der Waals surface area contributed by atoms with E-state index in [1.165, 1.54) is 23.3 Å². The van der Waals surface area contributed by atoms with E-state index in [1.54, 1.807) is 13.1 Å². The molecule has 0 bridgehead atoms. The maximum atomic E-state index is 12.3. The number of allylic oxidation sites excluding steroid dienone is 1. The molecule has 1 heterocycles. The van der Waals surface area contributed by atoms with Crippen molar-refractivity contribution in [3.8, 4) is 0 Å². The molecule has 1 aromatic rings. The SMILES string of the molecule is CN1C(=O)C(NC(=O)C(=O)NCCC2=CCCCC2)c2ccccc21. The molecule has 0 spiro atoms. The van der Waals surface area contributed by atoms with Crippen LogP contribution in [-0.2, 0) is 14.4 Å². The van der Waals surface area contributed by atoms with Gasteiger partial charge in [0.25, 0.3) is 5.91 Å². The van der Waals surface area contributed by atoms with Crippen molar-refractivity contribution in [3.05, 3.63) is 41.5 Å². The minimum Gasteiger partial charge on any atom is -0.348 e. The molecule has 132 valence electrons.